The average Bonchev–Trinajstić information content (AvgIpc) is 2.04. The highest BCUT2D eigenvalue weighted by Crippen LogP contribution is 2.13. The molecule has 1 rings (SSSR count). The third kappa shape index (κ3) is 1.64. The molecule has 0 aliphatic rings. The molecule has 0 amide bonds. The predicted octanol–water partition coefficient (Wildman–Crippen LogP) is 1.59. The highest BCUT2D eigenvalue weighted by atomic mass is 14.6. The molecule has 60 valence electrons. The van der Waals surface area contributed by atoms with Gasteiger partial charge in [0.1, 0.15) is 0 Å². The molecule has 0 bridgehead atoms. The third-order valence-electron chi connectivity index (χ3n) is 1.56. The summed E-state index contributed by atoms with van der Waals surface area (Å²) >= 11 is 0. The second-order valence-corrected chi connectivity index (χ2v) is 2.43. The van der Waals surface area contributed by atoms with Crippen molar-refractivity contribution < 1.29 is 0 Å². The van der Waals surface area contributed by atoms with Gasteiger partial charge in [-0.25, -0.2) is 4.99 Å². The Hall–Kier alpha value is -1.75. The van der Waals surface area contributed by atoms with Crippen molar-refractivity contribution in [3.63, 3.8) is 0 Å². The summed E-state index contributed by atoms with van der Waals surface area (Å²) < 4.78 is 0. The van der Waals surface area contributed by atoms with E-state index in [0.717, 1.165) is 11.1 Å². The number of aliphatic imine (C=N–C) groups is 1. The Kier molecular flexibility index (Phi) is 2.49. The topological polar surface area (TPSA) is 38.4 Å². The third-order valence-corrected chi connectivity index (χ3v) is 1.56. The van der Waals surface area contributed by atoms with Crippen LogP contribution in [-0.4, -0.2) is 6.72 Å². The summed E-state index contributed by atoms with van der Waals surface area (Å²) in [5.74, 6) is 2.83. The highest BCUT2D eigenvalue weighted by molar-refractivity contribution is 5.59. The van der Waals surface area contributed by atoms with Crippen molar-refractivity contribution in [2.75, 3.05) is 5.73 Å². The van der Waals surface area contributed by atoms with Gasteiger partial charge >= 0.3 is 0 Å². The molecule has 0 aliphatic heterocycles. The molecule has 0 atom stereocenters. The number of hydrogen-bond donors (Lipinski definition) is 1. The van der Waals surface area contributed by atoms with Gasteiger partial charge in [-0.15, -0.1) is 0 Å². The molecule has 0 radical (unpaired) electrons. The van der Waals surface area contributed by atoms with Gasteiger partial charge in [0.15, 0.2) is 0 Å². The maximum Gasteiger partial charge on any atom is 0.0523 e. The smallest absolute Gasteiger partial charge is 0.0523 e. The molecular weight excluding hydrogens is 148 g/mol. The highest BCUT2D eigenvalue weighted by Gasteiger charge is 1.97. The van der Waals surface area contributed by atoms with Crippen LogP contribution in [0, 0.1) is 18.9 Å². The van der Waals surface area contributed by atoms with Crippen molar-refractivity contribution in [1.29, 1.82) is 0 Å². The van der Waals surface area contributed by atoms with E-state index < -0.39 is 0 Å². The van der Waals surface area contributed by atoms with Crippen LogP contribution in [0.15, 0.2) is 23.2 Å². The first-order valence-electron chi connectivity index (χ1n) is 3.57. The van der Waals surface area contributed by atoms with Crippen LogP contribution in [0.4, 0.5) is 5.69 Å². The number of benzene rings is 1. The zero-order chi connectivity index (χ0) is 8.97. The maximum atomic E-state index is 5.70. The number of aryl methyl sites for hydroxylation is 1. The molecule has 0 saturated heterocycles. The van der Waals surface area contributed by atoms with Gasteiger partial charge in [0.25, 0.3) is 0 Å². The molecule has 0 aliphatic carbocycles. The van der Waals surface area contributed by atoms with Gasteiger partial charge < -0.3 is 5.73 Å². The molecular formula is C10H10N2. The molecule has 0 unspecified atom stereocenters. The molecule has 1 aromatic carbocycles. The first kappa shape index (κ1) is 8.35. The maximum absolute atomic E-state index is 5.70. The van der Waals surface area contributed by atoms with Crippen molar-refractivity contribution in [1.82, 2.24) is 0 Å². The van der Waals surface area contributed by atoms with Gasteiger partial charge in [-0.1, -0.05) is 12.1 Å². The second-order valence-electron chi connectivity index (χ2n) is 2.43. The Labute approximate surface area is 72.1 Å². The van der Waals surface area contributed by atoms with Gasteiger partial charge in [-0.3, -0.25) is 0 Å². The first-order valence-corrected chi connectivity index (χ1v) is 3.57. The van der Waals surface area contributed by atoms with Crippen LogP contribution in [0.2, 0.25) is 0 Å². The van der Waals surface area contributed by atoms with Crippen molar-refractivity contribution in [3.05, 3.63) is 29.3 Å². The fraction of sp³-hybridized carbons (Fsp3) is 0.100. The van der Waals surface area contributed by atoms with Crippen LogP contribution in [0.1, 0.15) is 11.1 Å². The summed E-state index contributed by atoms with van der Waals surface area (Å²) in [6, 6.07) is 8.21. The Morgan fingerprint density at radius 1 is 1.50 bits per heavy atom. The van der Waals surface area contributed by atoms with Gasteiger partial charge in [0.2, 0.25) is 0 Å². The van der Waals surface area contributed by atoms with Gasteiger partial charge in [-0.05, 0) is 24.5 Å². The summed E-state index contributed by atoms with van der Waals surface area (Å²) in [4.78, 5) is 3.45. The summed E-state index contributed by atoms with van der Waals surface area (Å²) in [5.41, 5.74) is 8.28. The summed E-state index contributed by atoms with van der Waals surface area (Å²) in [5, 5.41) is 0. The summed E-state index contributed by atoms with van der Waals surface area (Å²) in [6.45, 7) is 5.23. The number of anilines is 1. The van der Waals surface area contributed by atoms with E-state index in [2.05, 4.69) is 23.7 Å². The minimum atomic E-state index is 0.686. The normalized spacial score (nSPS) is 8.42. The zero-order valence-electron chi connectivity index (χ0n) is 6.96. The molecule has 0 saturated carbocycles. The Bertz CT molecular complexity index is 336. The molecule has 2 nitrogen and oxygen atoms in total. The molecule has 12 heavy (non-hydrogen) atoms. The van der Waals surface area contributed by atoms with E-state index in [1.54, 1.807) is 0 Å². The average molecular weight is 158 g/mol. The first-order chi connectivity index (χ1) is 5.75. The monoisotopic (exact) mass is 158 g/mol. The minimum Gasteiger partial charge on any atom is -0.398 e. The van der Waals surface area contributed by atoms with Crippen LogP contribution in [-0.2, 0) is 0 Å². The SMILES string of the molecule is C=NC#Cc1c(C)cccc1N. The number of nitrogens with two attached hydrogens (primary N) is 1. The van der Waals surface area contributed by atoms with Crippen molar-refractivity contribution in [2.45, 2.75) is 6.92 Å². The zero-order valence-corrected chi connectivity index (χ0v) is 6.96. The van der Waals surface area contributed by atoms with E-state index in [0.29, 0.717) is 5.69 Å². The van der Waals surface area contributed by atoms with Crippen molar-refractivity contribution in [2.24, 2.45) is 4.99 Å². The van der Waals surface area contributed by atoms with E-state index in [1.165, 1.54) is 0 Å². The van der Waals surface area contributed by atoms with Gasteiger partial charge in [0.05, 0.1) is 5.56 Å². The number of nitrogens with zero attached hydrogens (tertiary/aromatic N) is 1. The summed E-state index contributed by atoms with van der Waals surface area (Å²) in [6.07, 6.45) is 0. The van der Waals surface area contributed by atoms with E-state index >= 15 is 0 Å². The Balaban J connectivity index is 3.21. The van der Waals surface area contributed by atoms with Crippen LogP contribution in [0.3, 0.4) is 0 Å². The van der Waals surface area contributed by atoms with Gasteiger partial charge in [0, 0.05) is 18.4 Å². The van der Waals surface area contributed by atoms with Crippen LogP contribution in [0.25, 0.3) is 0 Å². The Morgan fingerprint density at radius 2 is 2.25 bits per heavy atom. The van der Waals surface area contributed by atoms with E-state index in [-0.39, 0.29) is 0 Å². The number of hydrogen-bond acceptors (Lipinski definition) is 2. The summed E-state index contributed by atoms with van der Waals surface area (Å²) in [7, 11) is 0. The van der Waals surface area contributed by atoms with Crippen LogP contribution >= 0.6 is 0 Å². The molecule has 1 aromatic rings. The largest absolute Gasteiger partial charge is 0.398 e. The molecule has 2 heteroatoms. The van der Waals surface area contributed by atoms with Crippen LogP contribution < -0.4 is 5.73 Å². The molecule has 0 heterocycles. The molecule has 0 fully saturated rings. The van der Waals surface area contributed by atoms with E-state index in [4.69, 9.17) is 5.73 Å². The Morgan fingerprint density at radius 3 is 2.83 bits per heavy atom. The van der Waals surface area contributed by atoms with Crippen molar-refractivity contribution in [3.8, 4) is 12.0 Å². The number of rotatable bonds is 0. The minimum absolute atomic E-state index is 0.686. The fourth-order valence-corrected chi connectivity index (χ4v) is 0.957. The second kappa shape index (κ2) is 3.59. The van der Waals surface area contributed by atoms with E-state index in [1.807, 2.05) is 25.1 Å². The number of nitrogen functional groups attached to an aromatic ring is 1. The van der Waals surface area contributed by atoms with Crippen molar-refractivity contribution >= 4 is 12.4 Å². The van der Waals surface area contributed by atoms with E-state index in [9.17, 15) is 0 Å². The molecule has 2 N–H and O–H groups in total. The molecule has 0 aromatic heterocycles. The standard InChI is InChI=1S/C10H10N2/c1-8-4-3-5-10(11)9(8)6-7-12-2/h3-5H,2,11H2,1H3. The fourth-order valence-electron chi connectivity index (χ4n) is 0.957. The predicted molar refractivity (Wildman–Crippen MR) is 52.0 cm³/mol. The quantitative estimate of drug-likeness (QED) is 0.347. The van der Waals surface area contributed by atoms with Gasteiger partial charge in [-0.2, -0.15) is 0 Å². The lowest BCUT2D eigenvalue weighted by Gasteiger charge is -2.00. The lowest BCUT2D eigenvalue weighted by Crippen LogP contribution is -1.92. The molecule has 0 spiro atoms. The lowest BCUT2D eigenvalue weighted by atomic mass is 10.1. The van der Waals surface area contributed by atoms with Crippen LogP contribution in [0.5, 0.6) is 0 Å². The lowest BCUT2D eigenvalue weighted by molar-refractivity contribution is 1.43.